The monoisotopic (exact) mass is 354 g/mol. The molecule has 1 N–H and O–H groups in total. The van der Waals surface area contributed by atoms with Crippen LogP contribution in [0.2, 0.25) is 0 Å². The maximum absolute atomic E-state index is 12.5. The number of hydrogen-bond acceptors (Lipinski definition) is 6. The summed E-state index contributed by atoms with van der Waals surface area (Å²) in [6, 6.07) is 11.2. The molecule has 0 aliphatic rings. The fourth-order valence-electron chi connectivity index (χ4n) is 2.28. The Bertz CT molecular complexity index is 875. The van der Waals surface area contributed by atoms with Crippen molar-refractivity contribution in [3.8, 4) is 16.3 Å². The summed E-state index contributed by atoms with van der Waals surface area (Å²) >= 11 is 1.34. The van der Waals surface area contributed by atoms with Gasteiger partial charge in [0.25, 0.3) is 5.91 Å². The highest BCUT2D eigenvalue weighted by Gasteiger charge is 2.14. The van der Waals surface area contributed by atoms with E-state index in [9.17, 15) is 4.79 Å². The topological polar surface area (TPSA) is 67.3 Å². The van der Waals surface area contributed by atoms with Gasteiger partial charge in [-0.25, -0.2) is 9.97 Å². The van der Waals surface area contributed by atoms with Crippen LogP contribution in [0.1, 0.15) is 9.67 Å². The zero-order valence-corrected chi connectivity index (χ0v) is 15.0. The van der Waals surface area contributed by atoms with E-state index in [1.54, 1.807) is 25.6 Å². The van der Waals surface area contributed by atoms with Crippen LogP contribution in [0.25, 0.3) is 10.6 Å². The van der Waals surface area contributed by atoms with Gasteiger partial charge in [-0.15, -0.1) is 11.3 Å². The number of thiazole rings is 1. The van der Waals surface area contributed by atoms with Crippen molar-refractivity contribution in [3.05, 3.63) is 53.7 Å². The molecule has 0 fully saturated rings. The number of nitrogens with one attached hydrogen (secondary N) is 1. The summed E-state index contributed by atoms with van der Waals surface area (Å²) in [6.07, 6.45) is 3.28. The summed E-state index contributed by atoms with van der Waals surface area (Å²) in [5, 5.41) is 3.68. The second-order valence-electron chi connectivity index (χ2n) is 5.48. The maximum Gasteiger partial charge on any atom is 0.267 e. The van der Waals surface area contributed by atoms with E-state index >= 15 is 0 Å². The van der Waals surface area contributed by atoms with Gasteiger partial charge in [-0.2, -0.15) is 0 Å². The Hall–Kier alpha value is -2.93. The van der Waals surface area contributed by atoms with Crippen molar-refractivity contribution >= 4 is 28.7 Å². The highest BCUT2D eigenvalue weighted by Crippen LogP contribution is 2.28. The van der Waals surface area contributed by atoms with E-state index in [1.165, 1.54) is 11.3 Å². The van der Waals surface area contributed by atoms with E-state index in [-0.39, 0.29) is 5.91 Å². The van der Waals surface area contributed by atoms with Gasteiger partial charge in [-0.3, -0.25) is 4.79 Å². The largest absolute Gasteiger partial charge is 0.497 e. The molecule has 0 saturated heterocycles. The molecule has 2 aromatic heterocycles. The molecule has 6 nitrogen and oxygen atoms in total. The van der Waals surface area contributed by atoms with E-state index in [4.69, 9.17) is 4.74 Å². The summed E-state index contributed by atoms with van der Waals surface area (Å²) in [6.45, 7) is 0. The molecule has 128 valence electrons. The molecule has 0 atom stereocenters. The number of benzene rings is 1. The minimum absolute atomic E-state index is 0.201. The third-order valence-electron chi connectivity index (χ3n) is 3.52. The van der Waals surface area contributed by atoms with Crippen molar-refractivity contribution in [1.29, 1.82) is 0 Å². The smallest absolute Gasteiger partial charge is 0.267 e. The van der Waals surface area contributed by atoms with Crippen molar-refractivity contribution in [1.82, 2.24) is 9.97 Å². The Morgan fingerprint density at radius 1 is 1.16 bits per heavy atom. The number of carbonyl (C=O) groups excluding carboxylic acids is 1. The summed E-state index contributed by atoms with van der Waals surface area (Å²) in [7, 11) is 5.39. The Kier molecular flexibility index (Phi) is 4.95. The van der Waals surface area contributed by atoms with Crippen LogP contribution in [0.5, 0.6) is 5.75 Å². The summed E-state index contributed by atoms with van der Waals surface area (Å²) < 4.78 is 5.15. The van der Waals surface area contributed by atoms with E-state index in [0.717, 1.165) is 16.3 Å². The number of methoxy groups -OCH3 is 1. The van der Waals surface area contributed by atoms with Crippen LogP contribution >= 0.6 is 11.3 Å². The normalized spacial score (nSPS) is 10.4. The number of aromatic nitrogens is 2. The highest BCUT2D eigenvalue weighted by atomic mass is 32.1. The first-order valence-electron chi connectivity index (χ1n) is 7.62. The second kappa shape index (κ2) is 7.31. The third kappa shape index (κ3) is 3.77. The molecule has 0 aliphatic heterocycles. The molecule has 0 spiro atoms. The van der Waals surface area contributed by atoms with Crippen molar-refractivity contribution in [2.24, 2.45) is 0 Å². The number of ether oxygens (including phenoxy) is 1. The molecule has 2 heterocycles. The first kappa shape index (κ1) is 16.9. The van der Waals surface area contributed by atoms with Crippen LogP contribution in [0.3, 0.4) is 0 Å². The van der Waals surface area contributed by atoms with Crippen LogP contribution in [0.4, 0.5) is 11.5 Å². The van der Waals surface area contributed by atoms with Crippen LogP contribution in [-0.2, 0) is 0 Å². The molecular weight excluding hydrogens is 336 g/mol. The number of carbonyl (C=O) groups is 1. The summed E-state index contributed by atoms with van der Waals surface area (Å²) in [5.41, 5.74) is 1.61. The van der Waals surface area contributed by atoms with Gasteiger partial charge in [0, 0.05) is 25.9 Å². The molecule has 0 unspecified atom stereocenters. The number of rotatable bonds is 5. The molecular formula is C18H18N4O2S. The first-order chi connectivity index (χ1) is 12.1. The van der Waals surface area contributed by atoms with Crippen LogP contribution in [0, 0.1) is 0 Å². The number of pyridine rings is 1. The molecule has 7 heteroatoms. The second-order valence-corrected chi connectivity index (χ2v) is 6.51. The Morgan fingerprint density at radius 3 is 2.60 bits per heavy atom. The number of amides is 1. The van der Waals surface area contributed by atoms with Gasteiger partial charge < -0.3 is 15.0 Å². The Labute approximate surface area is 150 Å². The third-order valence-corrected chi connectivity index (χ3v) is 4.57. The van der Waals surface area contributed by atoms with Gasteiger partial charge in [-0.05, 0) is 36.4 Å². The van der Waals surface area contributed by atoms with E-state index < -0.39 is 0 Å². The van der Waals surface area contributed by atoms with Crippen molar-refractivity contribution < 1.29 is 9.53 Å². The maximum atomic E-state index is 12.5. The lowest BCUT2D eigenvalue weighted by molar-refractivity contribution is 0.103. The zero-order chi connectivity index (χ0) is 17.8. The molecule has 3 rings (SSSR count). The van der Waals surface area contributed by atoms with Gasteiger partial charge in [0.1, 0.15) is 15.6 Å². The van der Waals surface area contributed by atoms with Gasteiger partial charge in [0.2, 0.25) is 0 Å². The predicted molar refractivity (Wildman–Crippen MR) is 101 cm³/mol. The molecule has 0 saturated carbocycles. The van der Waals surface area contributed by atoms with Crippen molar-refractivity contribution in [3.63, 3.8) is 0 Å². The van der Waals surface area contributed by atoms with Crippen LogP contribution in [0.15, 0.2) is 48.8 Å². The van der Waals surface area contributed by atoms with Crippen molar-refractivity contribution in [2.45, 2.75) is 0 Å². The Morgan fingerprint density at radius 2 is 1.92 bits per heavy atom. The molecule has 0 aliphatic carbocycles. The van der Waals surface area contributed by atoms with Crippen LogP contribution < -0.4 is 15.0 Å². The van der Waals surface area contributed by atoms with Crippen molar-refractivity contribution in [2.75, 3.05) is 31.4 Å². The number of anilines is 2. The van der Waals surface area contributed by atoms with E-state index in [1.807, 2.05) is 49.3 Å². The van der Waals surface area contributed by atoms with Gasteiger partial charge >= 0.3 is 0 Å². The first-order valence-corrected chi connectivity index (χ1v) is 8.44. The lowest BCUT2D eigenvalue weighted by atomic mass is 10.2. The lowest BCUT2D eigenvalue weighted by Gasteiger charge is -2.15. The fourth-order valence-corrected chi connectivity index (χ4v) is 3.10. The quantitative estimate of drug-likeness (QED) is 0.759. The van der Waals surface area contributed by atoms with E-state index in [0.29, 0.717) is 16.4 Å². The lowest BCUT2D eigenvalue weighted by Crippen LogP contribution is -2.17. The van der Waals surface area contributed by atoms with Gasteiger partial charge in [0.15, 0.2) is 5.82 Å². The fraction of sp³-hybridized carbons (Fsp3) is 0.167. The van der Waals surface area contributed by atoms with Gasteiger partial charge in [-0.1, -0.05) is 0 Å². The highest BCUT2D eigenvalue weighted by molar-refractivity contribution is 7.17. The molecule has 1 aromatic carbocycles. The van der Waals surface area contributed by atoms with Crippen LogP contribution in [-0.4, -0.2) is 37.1 Å². The Balaban J connectivity index is 1.79. The molecule has 0 bridgehead atoms. The average Bonchev–Trinajstić information content (AvgIpc) is 3.12. The standard InChI is InChI=1S/C18H18N4O2S/c1-22(2)16-14(5-4-10-19-16)21-17(23)15-11-20-18(25-15)12-6-8-13(24-3)9-7-12/h4-11H,1-3H3,(H,21,23). The average molecular weight is 354 g/mol. The predicted octanol–water partition coefficient (Wildman–Crippen LogP) is 3.53. The number of hydrogen-bond donors (Lipinski definition) is 1. The molecule has 25 heavy (non-hydrogen) atoms. The molecule has 1 amide bonds. The van der Waals surface area contributed by atoms with Gasteiger partial charge in [0.05, 0.1) is 19.0 Å². The van der Waals surface area contributed by atoms with E-state index in [2.05, 4.69) is 15.3 Å². The molecule has 3 aromatic rings. The minimum atomic E-state index is -0.201. The number of nitrogens with zero attached hydrogens (tertiary/aromatic N) is 3. The minimum Gasteiger partial charge on any atom is -0.497 e. The molecule has 0 radical (unpaired) electrons. The SMILES string of the molecule is COc1ccc(-c2ncc(C(=O)Nc3cccnc3N(C)C)s2)cc1. The summed E-state index contributed by atoms with van der Waals surface area (Å²) in [4.78, 5) is 23.6. The summed E-state index contributed by atoms with van der Waals surface area (Å²) in [5.74, 6) is 1.29. The zero-order valence-electron chi connectivity index (χ0n) is 14.2.